The second-order valence-corrected chi connectivity index (χ2v) is 3.39. The molecule has 7 heteroatoms. The molecule has 1 aromatic carbocycles. The van der Waals surface area contributed by atoms with Gasteiger partial charge in [-0.2, -0.15) is 0 Å². The number of rotatable bonds is 5. The van der Waals surface area contributed by atoms with E-state index < -0.39 is 23.7 Å². The number of carbonyl (C=O) groups is 1. The first-order valence-electron chi connectivity index (χ1n) is 4.71. The molecule has 2 unspecified atom stereocenters. The number of aliphatic hydroxyl groups excluding tert-OH is 3. The SMILES string of the molecule is O=Cc1cc(C(O)C(O)CO)ccc1[N+](=O)[O-]. The van der Waals surface area contributed by atoms with Crippen molar-refractivity contribution in [2.24, 2.45) is 0 Å². The molecule has 0 saturated heterocycles. The Hall–Kier alpha value is -1.83. The summed E-state index contributed by atoms with van der Waals surface area (Å²) in [6, 6.07) is 3.38. The van der Waals surface area contributed by atoms with Crippen molar-refractivity contribution in [1.82, 2.24) is 0 Å². The van der Waals surface area contributed by atoms with Gasteiger partial charge in [0.1, 0.15) is 12.2 Å². The molecule has 2 atom stereocenters. The number of nitro groups is 1. The number of aliphatic hydroxyl groups is 3. The van der Waals surface area contributed by atoms with E-state index in [1.807, 2.05) is 0 Å². The third kappa shape index (κ3) is 2.84. The molecule has 1 rings (SSSR count). The van der Waals surface area contributed by atoms with Crippen LogP contribution in [0, 0.1) is 10.1 Å². The molecule has 0 aliphatic rings. The van der Waals surface area contributed by atoms with Crippen molar-refractivity contribution in [2.45, 2.75) is 12.2 Å². The molecule has 0 spiro atoms. The highest BCUT2D eigenvalue weighted by molar-refractivity contribution is 5.81. The molecule has 0 saturated carbocycles. The Morgan fingerprint density at radius 1 is 1.41 bits per heavy atom. The van der Waals surface area contributed by atoms with Crippen LogP contribution in [0.4, 0.5) is 5.69 Å². The lowest BCUT2D eigenvalue weighted by Crippen LogP contribution is -2.22. The summed E-state index contributed by atoms with van der Waals surface area (Å²) in [7, 11) is 0. The summed E-state index contributed by atoms with van der Waals surface area (Å²) in [5.41, 5.74) is -0.453. The number of nitrogens with zero attached hydrogens (tertiary/aromatic N) is 1. The van der Waals surface area contributed by atoms with Crippen LogP contribution in [0.3, 0.4) is 0 Å². The van der Waals surface area contributed by atoms with Gasteiger partial charge in [-0.3, -0.25) is 14.9 Å². The van der Waals surface area contributed by atoms with E-state index in [-0.39, 0.29) is 16.8 Å². The van der Waals surface area contributed by atoms with Crippen LogP contribution >= 0.6 is 0 Å². The Balaban J connectivity index is 3.13. The van der Waals surface area contributed by atoms with Gasteiger partial charge >= 0.3 is 0 Å². The molecule has 0 heterocycles. The standard InChI is InChI=1S/C10H11NO6/c12-4-7-3-6(10(15)9(14)5-13)1-2-8(7)11(16)17/h1-4,9-10,13-15H,5H2. The van der Waals surface area contributed by atoms with E-state index in [2.05, 4.69) is 0 Å². The van der Waals surface area contributed by atoms with Crippen molar-refractivity contribution in [2.75, 3.05) is 6.61 Å². The average molecular weight is 241 g/mol. The zero-order valence-electron chi connectivity index (χ0n) is 8.68. The van der Waals surface area contributed by atoms with Crippen molar-refractivity contribution in [3.05, 3.63) is 39.4 Å². The van der Waals surface area contributed by atoms with Crippen LogP contribution in [0.1, 0.15) is 22.0 Å². The zero-order valence-corrected chi connectivity index (χ0v) is 8.68. The average Bonchev–Trinajstić information content (AvgIpc) is 2.35. The van der Waals surface area contributed by atoms with E-state index in [9.17, 15) is 25.1 Å². The van der Waals surface area contributed by atoms with Crippen LogP contribution in [-0.4, -0.2) is 39.2 Å². The van der Waals surface area contributed by atoms with Crippen LogP contribution < -0.4 is 0 Å². The molecule has 0 radical (unpaired) electrons. The summed E-state index contributed by atoms with van der Waals surface area (Å²) in [5, 5.41) is 37.9. The van der Waals surface area contributed by atoms with E-state index in [1.54, 1.807) is 0 Å². The predicted octanol–water partition coefficient (Wildman–Crippen LogP) is -0.206. The lowest BCUT2D eigenvalue weighted by atomic mass is 10.0. The predicted molar refractivity (Wildman–Crippen MR) is 56.5 cm³/mol. The summed E-state index contributed by atoms with van der Waals surface area (Å²) in [5.74, 6) is 0. The van der Waals surface area contributed by atoms with Gasteiger partial charge in [-0.15, -0.1) is 0 Å². The molecular weight excluding hydrogens is 230 g/mol. The zero-order chi connectivity index (χ0) is 13.0. The van der Waals surface area contributed by atoms with Gasteiger partial charge in [0.2, 0.25) is 0 Å². The normalized spacial score (nSPS) is 14.1. The van der Waals surface area contributed by atoms with E-state index in [0.717, 1.165) is 12.1 Å². The van der Waals surface area contributed by atoms with E-state index >= 15 is 0 Å². The topological polar surface area (TPSA) is 121 Å². The van der Waals surface area contributed by atoms with E-state index in [0.29, 0.717) is 6.29 Å². The van der Waals surface area contributed by atoms with Gasteiger partial charge in [-0.1, -0.05) is 0 Å². The molecule has 1 aromatic rings. The van der Waals surface area contributed by atoms with Gasteiger partial charge in [0, 0.05) is 6.07 Å². The number of carbonyl (C=O) groups excluding carboxylic acids is 1. The Labute approximate surface area is 96.1 Å². The molecule has 0 aliphatic heterocycles. The van der Waals surface area contributed by atoms with Crippen molar-refractivity contribution >= 4 is 12.0 Å². The molecule has 0 amide bonds. The second kappa shape index (κ2) is 5.48. The maximum Gasteiger partial charge on any atom is 0.279 e. The van der Waals surface area contributed by atoms with Crippen LogP contribution in [0.15, 0.2) is 18.2 Å². The summed E-state index contributed by atoms with van der Waals surface area (Å²) in [6.07, 6.45) is -2.52. The molecule has 0 aliphatic carbocycles. The molecule has 0 aromatic heterocycles. The molecule has 7 nitrogen and oxygen atoms in total. The maximum atomic E-state index is 10.6. The smallest absolute Gasteiger partial charge is 0.279 e. The molecular formula is C10H11NO6. The lowest BCUT2D eigenvalue weighted by Gasteiger charge is -2.15. The first-order valence-corrected chi connectivity index (χ1v) is 4.71. The van der Waals surface area contributed by atoms with Gasteiger partial charge in [-0.25, -0.2) is 0 Å². The monoisotopic (exact) mass is 241 g/mol. The molecule has 3 N–H and O–H groups in total. The van der Waals surface area contributed by atoms with Crippen LogP contribution in [0.25, 0.3) is 0 Å². The Morgan fingerprint density at radius 2 is 2.06 bits per heavy atom. The largest absolute Gasteiger partial charge is 0.394 e. The maximum absolute atomic E-state index is 10.6. The lowest BCUT2D eigenvalue weighted by molar-refractivity contribution is -0.385. The van der Waals surface area contributed by atoms with E-state index in [4.69, 9.17) is 5.11 Å². The third-order valence-corrected chi connectivity index (χ3v) is 2.27. The van der Waals surface area contributed by atoms with Gasteiger partial charge < -0.3 is 15.3 Å². The number of hydrogen-bond donors (Lipinski definition) is 3. The van der Waals surface area contributed by atoms with E-state index in [1.165, 1.54) is 6.07 Å². The number of aldehydes is 1. The molecule has 0 fully saturated rings. The van der Waals surface area contributed by atoms with Crippen molar-refractivity contribution < 1.29 is 25.0 Å². The van der Waals surface area contributed by atoms with Gasteiger partial charge in [-0.05, 0) is 17.7 Å². The van der Waals surface area contributed by atoms with Crippen LogP contribution in [-0.2, 0) is 0 Å². The van der Waals surface area contributed by atoms with Crippen molar-refractivity contribution in [1.29, 1.82) is 0 Å². The summed E-state index contributed by atoms with van der Waals surface area (Å²) in [6.45, 7) is -0.658. The minimum atomic E-state index is -1.41. The fourth-order valence-corrected chi connectivity index (χ4v) is 1.34. The first kappa shape index (κ1) is 13.2. The fraction of sp³-hybridized carbons (Fsp3) is 0.300. The molecule has 17 heavy (non-hydrogen) atoms. The molecule has 0 bridgehead atoms. The first-order chi connectivity index (χ1) is 8.01. The Bertz CT molecular complexity index is 433. The summed E-state index contributed by atoms with van der Waals surface area (Å²) in [4.78, 5) is 20.5. The summed E-state index contributed by atoms with van der Waals surface area (Å²) < 4.78 is 0. The highest BCUT2D eigenvalue weighted by atomic mass is 16.6. The Kier molecular flexibility index (Phi) is 4.27. The third-order valence-electron chi connectivity index (χ3n) is 2.27. The summed E-state index contributed by atoms with van der Waals surface area (Å²) >= 11 is 0. The quantitative estimate of drug-likeness (QED) is 0.372. The van der Waals surface area contributed by atoms with Crippen molar-refractivity contribution in [3.8, 4) is 0 Å². The van der Waals surface area contributed by atoms with Crippen molar-refractivity contribution in [3.63, 3.8) is 0 Å². The number of hydrogen-bond acceptors (Lipinski definition) is 6. The van der Waals surface area contributed by atoms with Gasteiger partial charge in [0.15, 0.2) is 6.29 Å². The fourth-order valence-electron chi connectivity index (χ4n) is 1.34. The van der Waals surface area contributed by atoms with Crippen LogP contribution in [0.2, 0.25) is 0 Å². The minimum Gasteiger partial charge on any atom is -0.394 e. The van der Waals surface area contributed by atoms with Gasteiger partial charge in [0.05, 0.1) is 17.1 Å². The van der Waals surface area contributed by atoms with Crippen LogP contribution in [0.5, 0.6) is 0 Å². The highest BCUT2D eigenvalue weighted by Crippen LogP contribution is 2.23. The highest BCUT2D eigenvalue weighted by Gasteiger charge is 2.21. The Morgan fingerprint density at radius 3 is 2.53 bits per heavy atom. The number of nitro benzene ring substituents is 1. The molecule has 92 valence electrons. The minimum absolute atomic E-state index is 0.124. The second-order valence-electron chi connectivity index (χ2n) is 3.39. The van der Waals surface area contributed by atoms with Gasteiger partial charge in [0.25, 0.3) is 5.69 Å². The number of benzene rings is 1.